The summed E-state index contributed by atoms with van der Waals surface area (Å²) in [6.45, 7) is 3.65. The molecule has 0 aromatic rings. The van der Waals surface area contributed by atoms with Gasteiger partial charge >= 0.3 is 5.97 Å². The standard InChI is InChI=1S/C4H8O2.ClH.H4N2/c1-3-6-4(2)5;;1-2/h3H2,1-2H3;1H;1-2H2. The molecule has 0 saturated carbocycles. The lowest BCUT2D eigenvalue weighted by Crippen LogP contribution is -2.02. The van der Waals surface area contributed by atoms with Crippen LogP contribution in [0.3, 0.4) is 0 Å². The summed E-state index contributed by atoms with van der Waals surface area (Å²) in [5.74, 6) is 7.79. The molecule has 0 bridgehead atoms. The van der Waals surface area contributed by atoms with E-state index in [1.54, 1.807) is 6.92 Å². The van der Waals surface area contributed by atoms with E-state index in [0.717, 1.165) is 0 Å². The fourth-order valence-corrected chi connectivity index (χ4v) is 0.203. The monoisotopic (exact) mass is 156 g/mol. The summed E-state index contributed by atoms with van der Waals surface area (Å²) in [6.07, 6.45) is 0. The van der Waals surface area contributed by atoms with Crippen molar-refractivity contribution in [3.63, 3.8) is 0 Å². The first kappa shape index (κ1) is 15.9. The number of nitrogens with two attached hydrogens (primary N) is 2. The van der Waals surface area contributed by atoms with E-state index in [4.69, 9.17) is 0 Å². The molecule has 0 radical (unpaired) electrons. The van der Waals surface area contributed by atoms with Gasteiger partial charge in [-0.25, -0.2) is 0 Å². The number of hydrogen-bond acceptors (Lipinski definition) is 4. The van der Waals surface area contributed by atoms with Gasteiger partial charge in [0, 0.05) is 6.92 Å². The molecule has 0 heterocycles. The fraction of sp³-hybridized carbons (Fsp3) is 0.750. The third-order valence-electron chi connectivity index (χ3n) is 0.348. The summed E-state index contributed by atoms with van der Waals surface area (Å²) >= 11 is 0. The molecule has 0 aromatic carbocycles. The van der Waals surface area contributed by atoms with Gasteiger partial charge in [-0.1, -0.05) is 0 Å². The second kappa shape index (κ2) is 15.6. The van der Waals surface area contributed by atoms with Crippen LogP contribution in [-0.2, 0) is 9.53 Å². The maximum atomic E-state index is 9.82. The minimum Gasteiger partial charge on any atom is -0.466 e. The van der Waals surface area contributed by atoms with E-state index in [0.29, 0.717) is 6.61 Å². The van der Waals surface area contributed by atoms with Gasteiger partial charge in [-0.2, -0.15) is 0 Å². The molecule has 0 fully saturated rings. The molecule has 0 aliphatic carbocycles. The Hall–Kier alpha value is -0.320. The van der Waals surface area contributed by atoms with Crippen LogP contribution in [0.15, 0.2) is 0 Å². The number of esters is 1. The largest absolute Gasteiger partial charge is 0.466 e. The summed E-state index contributed by atoms with van der Waals surface area (Å²) < 4.78 is 4.40. The molecular formula is C4H13ClN2O2. The number of carbonyl (C=O) groups is 1. The van der Waals surface area contributed by atoms with Gasteiger partial charge in [0.1, 0.15) is 0 Å². The van der Waals surface area contributed by atoms with Gasteiger partial charge in [-0.05, 0) is 6.92 Å². The third-order valence-corrected chi connectivity index (χ3v) is 0.348. The van der Waals surface area contributed by atoms with Crippen LogP contribution in [0, 0.1) is 0 Å². The van der Waals surface area contributed by atoms with Gasteiger partial charge in [0.05, 0.1) is 6.61 Å². The van der Waals surface area contributed by atoms with Crippen LogP contribution in [-0.4, -0.2) is 12.6 Å². The Morgan fingerprint density at radius 2 is 1.89 bits per heavy atom. The lowest BCUT2D eigenvalue weighted by molar-refractivity contribution is -0.140. The van der Waals surface area contributed by atoms with Gasteiger partial charge in [-0.15, -0.1) is 12.4 Å². The maximum absolute atomic E-state index is 9.82. The van der Waals surface area contributed by atoms with Gasteiger partial charge in [0.25, 0.3) is 0 Å². The second-order valence-electron chi connectivity index (χ2n) is 0.925. The molecule has 5 heteroatoms. The Labute approximate surface area is 60.9 Å². The van der Waals surface area contributed by atoms with Crippen molar-refractivity contribution in [2.24, 2.45) is 11.7 Å². The van der Waals surface area contributed by atoms with E-state index in [1.807, 2.05) is 0 Å². The third kappa shape index (κ3) is 34.5. The summed E-state index contributed by atoms with van der Waals surface area (Å²) in [7, 11) is 0. The number of carbonyl (C=O) groups excluding carboxylic acids is 1. The first-order chi connectivity index (χ1) is 3.77. The van der Waals surface area contributed by atoms with Crippen molar-refractivity contribution >= 4 is 18.4 Å². The zero-order chi connectivity index (χ0) is 6.99. The predicted octanol–water partition coefficient (Wildman–Crippen LogP) is -0.190. The Kier molecular flexibility index (Phi) is 27.6. The van der Waals surface area contributed by atoms with Crippen LogP contribution in [0.4, 0.5) is 0 Å². The Bertz CT molecular complexity index is 60.5. The Morgan fingerprint density at radius 3 is 1.89 bits per heavy atom. The maximum Gasteiger partial charge on any atom is 0.302 e. The van der Waals surface area contributed by atoms with Crippen molar-refractivity contribution in [1.29, 1.82) is 0 Å². The average molecular weight is 157 g/mol. The van der Waals surface area contributed by atoms with Crippen molar-refractivity contribution in [1.82, 2.24) is 0 Å². The van der Waals surface area contributed by atoms with Gasteiger partial charge in [0.2, 0.25) is 0 Å². The summed E-state index contributed by atoms with van der Waals surface area (Å²) in [6, 6.07) is 0. The molecule has 0 aromatic heterocycles. The van der Waals surface area contributed by atoms with Gasteiger partial charge < -0.3 is 4.74 Å². The highest BCUT2D eigenvalue weighted by Crippen LogP contribution is 1.69. The molecule has 0 amide bonds. The molecule has 0 saturated heterocycles. The smallest absolute Gasteiger partial charge is 0.302 e. The summed E-state index contributed by atoms with van der Waals surface area (Å²) in [5, 5.41) is 0. The molecule has 4 nitrogen and oxygen atoms in total. The Morgan fingerprint density at radius 1 is 1.56 bits per heavy atom. The second-order valence-corrected chi connectivity index (χ2v) is 0.925. The Balaban J connectivity index is -0.000000109. The minimum atomic E-state index is -0.211. The summed E-state index contributed by atoms with van der Waals surface area (Å²) in [4.78, 5) is 9.82. The van der Waals surface area contributed by atoms with Crippen molar-refractivity contribution < 1.29 is 9.53 Å². The lowest BCUT2D eigenvalue weighted by atomic mass is 10.8. The fourth-order valence-electron chi connectivity index (χ4n) is 0.203. The summed E-state index contributed by atoms with van der Waals surface area (Å²) in [5.41, 5.74) is 0. The minimum absolute atomic E-state index is 0. The van der Waals surface area contributed by atoms with Crippen LogP contribution in [0.1, 0.15) is 13.8 Å². The molecule has 0 aliphatic rings. The molecule has 0 atom stereocenters. The van der Waals surface area contributed by atoms with Crippen molar-refractivity contribution in [3.05, 3.63) is 0 Å². The van der Waals surface area contributed by atoms with E-state index in [1.165, 1.54) is 6.92 Å². The van der Waals surface area contributed by atoms with Gasteiger partial charge in [-0.3, -0.25) is 16.5 Å². The van der Waals surface area contributed by atoms with Crippen molar-refractivity contribution in [2.45, 2.75) is 13.8 Å². The highest BCUT2D eigenvalue weighted by Gasteiger charge is 1.81. The van der Waals surface area contributed by atoms with E-state index in [9.17, 15) is 4.79 Å². The molecule has 58 valence electrons. The molecule has 0 unspecified atom stereocenters. The van der Waals surface area contributed by atoms with Crippen LogP contribution in [0.2, 0.25) is 0 Å². The average Bonchev–Trinajstić information content (AvgIpc) is 1.72. The molecule has 0 spiro atoms. The molecule has 9 heavy (non-hydrogen) atoms. The van der Waals surface area contributed by atoms with E-state index < -0.39 is 0 Å². The highest BCUT2D eigenvalue weighted by atomic mass is 35.5. The molecular weight excluding hydrogens is 144 g/mol. The molecule has 0 aliphatic heterocycles. The van der Waals surface area contributed by atoms with Crippen LogP contribution in [0.5, 0.6) is 0 Å². The van der Waals surface area contributed by atoms with E-state index >= 15 is 0 Å². The first-order valence-electron chi connectivity index (χ1n) is 2.24. The normalized spacial score (nSPS) is 5.78. The quantitative estimate of drug-likeness (QED) is 0.313. The van der Waals surface area contributed by atoms with Crippen molar-refractivity contribution in [3.8, 4) is 0 Å². The number of hydrazine groups is 1. The van der Waals surface area contributed by atoms with Gasteiger partial charge in [0.15, 0.2) is 0 Å². The number of halogens is 1. The zero-order valence-corrected chi connectivity index (χ0v) is 6.40. The number of rotatable bonds is 1. The zero-order valence-electron chi connectivity index (χ0n) is 5.59. The SMILES string of the molecule is CCOC(C)=O.Cl.NN. The molecule has 0 rings (SSSR count). The number of ether oxygens (including phenoxy) is 1. The first-order valence-corrected chi connectivity index (χ1v) is 2.24. The van der Waals surface area contributed by atoms with Crippen LogP contribution in [0.25, 0.3) is 0 Å². The number of hydrogen-bond donors (Lipinski definition) is 2. The van der Waals surface area contributed by atoms with E-state index in [2.05, 4.69) is 16.4 Å². The van der Waals surface area contributed by atoms with E-state index in [-0.39, 0.29) is 18.4 Å². The molecule has 4 N–H and O–H groups in total. The highest BCUT2D eigenvalue weighted by molar-refractivity contribution is 5.85. The van der Waals surface area contributed by atoms with Crippen molar-refractivity contribution in [2.75, 3.05) is 6.61 Å². The van der Waals surface area contributed by atoms with Crippen LogP contribution < -0.4 is 11.7 Å². The lowest BCUT2D eigenvalue weighted by Gasteiger charge is -1.89. The predicted molar refractivity (Wildman–Crippen MR) is 37.9 cm³/mol. The van der Waals surface area contributed by atoms with Crippen LogP contribution >= 0.6 is 12.4 Å². The topological polar surface area (TPSA) is 78.3 Å².